The third-order valence-corrected chi connectivity index (χ3v) is 8.25. The highest BCUT2D eigenvalue weighted by atomic mass is 32.1. The van der Waals surface area contributed by atoms with E-state index in [1.165, 1.54) is 9.60 Å². The van der Waals surface area contributed by atoms with Crippen molar-refractivity contribution in [3.63, 3.8) is 0 Å². The first kappa shape index (κ1) is 24.7. The molecule has 0 aliphatic carbocycles. The number of para-hydroxylation sites is 1. The molecule has 2 fully saturated rings. The Morgan fingerprint density at radius 2 is 1.75 bits per heavy atom. The molecule has 2 aliphatic heterocycles. The molecule has 2 saturated heterocycles. The van der Waals surface area contributed by atoms with E-state index in [2.05, 4.69) is 11.0 Å². The van der Waals surface area contributed by atoms with Gasteiger partial charge in [-0.3, -0.25) is 14.6 Å². The number of hydrogen-bond acceptors (Lipinski definition) is 7. The number of amides is 3. The number of thiazole rings is 1. The smallest absolute Gasteiger partial charge is 0.327 e. The van der Waals surface area contributed by atoms with Crippen molar-refractivity contribution in [2.75, 3.05) is 40.5 Å². The minimum atomic E-state index is -0.790. The molecule has 0 atom stereocenters. The quantitative estimate of drug-likeness (QED) is 0.320. The van der Waals surface area contributed by atoms with Gasteiger partial charge in [0.25, 0.3) is 5.91 Å². The van der Waals surface area contributed by atoms with Crippen LogP contribution in [-0.2, 0) is 22.6 Å². The van der Waals surface area contributed by atoms with Gasteiger partial charge in [-0.2, -0.15) is 0 Å². The van der Waals surface area contributed by atoms with E-state index in [1.807, 2.05) is 47.4 Å². The monoisotopic (exact) mass is 508 g/mol. The van der Waals surface area contributed by atoms with E-state index in [9.17, 15) is 9.59 Å². The summed E-state index contributed by atoms with van der Waals surface area (Å²) in [7, 11) is 3.27. The number of carbonyl (C=O) groups is 2. The number of benzene rings is 2. The summed E-state index contributed by atoms with van der Waals surface area (Å²) in [5.74, 6) is 0.663. The number of nitrogens with zero attached hydrogens (tertiary/aromatic N) is 4. The van der Waals surface area contributed by atoms with Crippen molar-refractivity contribution in [1.29, 1.82) is 0 Å². The zero-order valence-corrected chi connectivity index (χ0v) is 21.6. The first-order valence-electron chi connectivity index (χ1n) is 12.4. The Morgan fingerprint density at radius 3 is 2.44 bits per heavy atom. The van der Waals surface area contributed by atoms with Gasteiger partial charge in [-0.25, -0.2) is 9.78 Å². The number of carbonyl (C=O) groups excluding carboxylic acids is 2. The minimum absolute atomic E-state index is 0.0830. The van der Waals surface area contributed by atoms with Gasteiger partial charge in [-0.15, -0.1) is 11.3 Å². The normalized spacial score (nSPS) is 18.1. The number of methoxy groups -OCH3 is 2. The van der Waals surface area contributed by atoms with E-state index in [-0.39, 0.29) is 18.5 Å². The second-order valence-corrected chi connectivity index (χ2v) is 10.5. The molecule has 0 unspecified atom stereocenters. The Bertz CT molecular complexity index is 1190. The lowest BCUT2D eigenvalue weighted by atomic mass is 9.85. The van der Waals surface area contributed by atoms with Crippen LogP contribution in [0.1, 0.15) is 29.8 Å². The summed E-state index contributed by atoms with van der Waals surface area (Å²) in [5.41, 5.74) is 1.14. The second kappa shape index (κ2) is 10.5. The third-order valence-electron chi connectivity index (χ3n) is 7.23. The largest absolute Gasteiger partial charge is 0.497 e. The highest BCUT2D eigenvalue weighted by Crippen LogP contribution is 2.39. The number of imide groups is 1. The number of ether oxygens (including phenoxy) is 2. The molecule has 5 rings (SSSR count). The van der Waals surface area contributed by atoms with Crippen LogP contribution in [-0.4, -0.2) is 77.6 Å². The van der Waals surface area contributed by atoms with Crippen molar-refractivity contribution in [1.82, 2.24) is 19.7 Å². The second-order valence-electron chi connectivity index (χ2n) is 9.40. The number of rotatable bonds is 9. The highest BCUT2D eigenvalue weighted by Gasteiger charge is 2.57. The van der Waals surface area contributed by atoms with Gasteiger partial charge in [0.05, 0.1) is 30.4 Å². The van der Waals surface area contributed by atoms with Crippen LogP contribution >= 0.6 is 11.3 Å². The summed E-state index contributed by atoms with van der Waals surface area (Å²) >= 11 is 1.72. The highest BCUT2D eigenvalue weighted by molar-refractivity contribution is 7.18. The van der Waals surface area contributed by atoms with Crippen LogP contribution in [0.25, 0.3) is 10.2 Å². The molecule has 0 bridgehead atoms. The van der Waals surface area contributed by atoms with Crippen molar-refractivity contribution in [2.45, 2.75) is 37.9 Å². The van der Waals surface area contributed by atoms with Gasteiger partial charge in [0.2, 0.25) is 0 Å². The Balaban J connectivity index is 1.31. The molecule has 3 amide bonds. The maximum absolute atomic E-state index is 13.8. The molecule has 9 heteroatoms. The number of aromatic nitrogens is 1. The van der Waals surface area contributed by atoms with E-state index in [0.29, 0.717) is 32.4 Å². The summed E-state index contributed by atoms with van der Waals surface area (Å²) in [6.07, 6.45) is 1.94. The van der Waals surface area contributed by atoms with Gasteiger partial charge in [0.1, 0.15) is 16.3 Å². The van der Waals surface area contributed by atoms with Crippen LogP contribution in [0.2, 0.25) is 0 Å². The third kappa shape index (κ3) is 4.70. The lowest BCUT2D eigenvalue weighted by molar-refractivity contribution is -0.136. The van der Waals surface area contributed by atoms with Gasteiger partial charge in [-0.05, 0) is 49.1 Å². The van der Waals surface area contributed by atoms with Gasteiger partial charge in [-0.1, -0.05) is 24.3 Å². The number of hydrogen-bond donors (Lipinski definition) is 0. The molecule has 0 radical (unpaired) electrons. The lowest BCUT2D eigenvalue weighted by Crippen LogP contribution is -2.56. The van der Waals surface area contributed by atoms with Crippen LogP contribution in [0, 0.1) is 0 Å². The Kier molecular flexibility index (Phi) is 7.22. The summed E-state index contributed by atoms with van der Waals surface area (Å²) in [6.45, 7) is 3.57. The molecule has 1 spiro atoms. The van der Waals surface area contributed by atoms with Crippen LogP contribution in [0.4, 0.5) is 4.79 Å². The van der Waals surface area contributed by atoms with E-state index in [1.54, 1.807) is 25.6 Å². The lowest BCUT2D eigenvalue weighted by Gasteiger charge is -2.42. The first-order chi connectivity index (χ1) is 17.5. The van der Waals surface area contributed by atoms with Gasteiger partial charge in [0.15, 0.2) is 0 Å². The average molecular weight is 509 g/mol. The molecule has 3 aromatic rings. The summed E-state index contributed by atoms with van der Waals surface area (Å²) < 4.78 is 11.7. The SMILES string of the molecule is COCCCN1C(=O)N(Cc2ccc(OC)cc2)C(=O)C12CCN(Cc1nc3ccccc3s1)CC2. The molecular formula is C27H32N4O4S. The van der Waals surface area contributed by atoms with Crippen LogP contribution in [0.5, 0.6) is 5.75 Å². The van der Waals surface area contributed by atoms with Gasteiger partial charge >= 0.3 is 6.03 Å². The first-order valence-corrected chi connectivity index (χ1v) is 13.2. The summed E-state index contributed by atoms with van der Waals surface area (Å²) in [4.78, 5) is 37.7. The predicted octanol–water partition coefficient (Wildman–Crippen LogP) is 4.14. The fraction of sp³-hybridized carbons (Fsp3) is 0.444. The van der Waals surface area contributed by atoms with Crippen molar-refractivity contribution in [3.05, 3.63) is 59.1 Å². The fourth-order valence-electron chi connectivity index (χ4n) is 5.26. The maximum atomic E-state index is 13.8. The molecule has 1 aromatic heterocycles. The number of fused-ring (bicyclic) bond motifs is 1. The van der Waals surface area contributed by atoms with Crippen molar-refractivity contribution in [3.8, 4) is 5.75 Å². The fourth-order valence-corrected chi connectivity index (χ4v) is 6.27. The molecule has 2 aliphatic rings. The minimum Gasteiger partial charge on any atom is -0.497 e. The van der Waals surface area contributed by atoms with Crippen LogP contribution in [0.3, 0.4) is 0 Å². The molecular weight excluding hydrogens is 476 g/mol. The summed E-state index contributed by atoms with van der Waals surface area (Å²) in [6, 6.07) is 15.5. The molecule has 2 aromatic carbocycles. The van der Waals surface area contributed by atoms with Crippen molar-refractivity contribution >= 4 is 33.5 Å². The van der Waals surface area contributed by atoms with Crippen molar-refractivity contribution in [2.24, 2.45) is 0 Å². The molecule has 8 nitrogen and oxygen atoms in total. The number of likely N-dealkylation sites (tertiary alicyclic amines) is 1. The van der Waals surface area contributed by atoms with E-state index in [4.69, 9.17) is 14.5 Å². The standard InChI is InChI=1S/C27H32N4O4S/c1-34-17-5-14-31-26(33)30(18-20-8-10-21(35-2)11-9-20)25(32)27(31)12-15-29(16-13-27)19-24-28-22-6-3-4-7-23(22)36-24/h3-4,6-11H,5,12-19H2,1-2H3. The Hall–Kier alpha value is -3.01. The van der Waals surface area contributed by atoms with Gasteiger partial charge < -0.3 is 14.4 Å². The Morgan fingerprint density at radius 1 is 1.00 bits per heavy atom. The van der Waals surface area contributed by atoms with E-state index in [0.717, 1.165) is 41.5 Å². The average Bonchev–Trinajstić information content (AvgIpc) is 3.39. The van der Waals surface area contributed by atoms with Crippen LogP contribution in [0.15, 0.2) is 48.5 Å². The van der Waals surface area contributed by atoms with E-state index < -0.39 is 5.54 Å². The predicted molar refractivity (Wildman–Crippen MR) is 139 cm³/mol. The number of piperidine rings is 1. The Labute approximate surface area is 215 Å². The molecule has 190 valence electrons. The molecule has 3 heterocycles. The zero-order chi connectivity index (χ0) is 25.1. The summed E-state index contributed by atoms with van der Waals surface area (Å²) in [5, 5.41) is 1.08. The maximum Gasteiger partial charge on any atom is 0.327 e. The van der Waals surface area contributed by atoms with Gasteiger partial charge in [0, 0.05) is 33.4 Å². The zero-order valence-electron chi connectivity index (χ0n) is 20.8. The number of urea groups is 1. The molecule has 36 heavy (non-hydrogen) atoms. The van der Waals surface area contributed by atoms with E-state index >= 15 is 0 Å². The topological polar surface area (TPSA) is 75.2 Å². The molecule has 0 N–H and O–H groups in total. The molecule has 0 saturated carbocycles. The van der Waals surface area contributed by atoms with Crippen LogP contribution < -0.4 is 4.74 Å². The van der Waals surface area contributed by atoms with Crippen molar-refractivity contribution < 1.29 is 19.1 Å².